The monoisotopic (exact) mass is 198 g/mol. The number of carbonyl (C=O) groups is 2. The number of amides is 2. The molecule has 0 aromatic carbocycles. The SMILES string of the molecule is CC(C)N1C(=O)C(C)(C)NC(=O)C1C. The Morgan fingerprint density at radius 1 is 1.36 bits per heavy atom. The Bertz CT molecular complexity index is 271. The van der Waals surface area contributed by atoms with Crippen LogP contribution in [0.3, 0.4) is 0 Å². The maximum absolute atomic E-state index is 12.0. The molecule has 1 N–H and O–H groups in total. The summed E-state index contributed by atoms with van der Waals surface area (Å²) < 4.78 is 0. The Kier molecular flexibility index (Phi) is 2.56. The van der Waals surface area contributed by atoms with Crippen molar-refractivity contribution in [2.75, 3.05) is 0 Å². The minimum absolute atomic E-state index is 0.0143. The van der Waals surface area contributed by atoms with Crippen molar-refractivity contribution in [3.8, 4) is 0 Å². The molecule has 14 heavy (non-hydrogen) atoms. The van der Waals surface area contributed by atoms with Gasteiger partial charge in [-0.05, 0) is 34.6 Å². The molecule has 0 spiro atoms. The largest absolute Gasteiger partial charge is 0.340 e. The molecule has 1 heterocycles. The highest BCUT2D eigenvalue weighted by Gasteiger charge is 2.44. The van der Waals surface area contributed by atoms with E-state index in [1.807, 2.05) is 13.8 Å². The van der Waals surface area contributed by atoms with E-state index in [4.69, 9.17) is 0 Å². The highest BCUT2D eigenvalue weighted by molar-refractivity contribution is 5.99. The van der Waals surface area contributed by atoms with Crippen LogP contribution in [0.5, 0.6) is 0 Å². The van der Waals surface area contributed by atoms with Gasteiger partial charge in [0.1, 0.15) is 11.6 Å². The van der Waals surface area contributed by atoms with Crippen LogP contribution in [0.4, 0.5) is 0 Å². The van der Waals surface area contributed by atoms with Gasteiger partial charge in [0.15, 0.2) is 0 Å². The first-order chi connectivity index (χ1) is 6.27. The van der Waals surface area contributed by atoms with E-state index in [-0.39, 0.29) is 23.9 Å². The fourth-order valence-electron chi connectivity index (χ4n) is 1.77. The topological polar surface area (TPSA) is 49.4 Å². The number of nitrogens with one attached hydrogen (secondary N) is 1. The zero-order valence-corrected chi connectivity index (χ0v) is 9.42. The first kappa shape index (κ1) is 11.0. The van der Waals surface area contributed by atoms with Crippen molar-refractivity contribution < 1.29 is 9.59 Å². The van der Waals surface area contributed by atoms with Crippen LogP contribution in [0.2, 0.25) is 0 Å². The number of hydrogen-bond donors (Lipinski definition) is 1. The van der Waals surface area contributed by atoms with Crippen molar-refractivity contribution in [2.24, 2.45) is 0 Å². The summed E-state index contributed by atoms with van der Waals surface area (Å²) in [7, 11) is 0. The van der Waals surface area contributed by atoms with Gasteiger partial charge in [-0.25, -0.2) is 0 Å². The molecule has 1 aliphatic heterocycles. The normalized spacial score (nSPS) is 26.7. The molecule has 1 unspecified atom stereocenters. The summed E-state index contributed by atoms with van der Waals surface area (Å²) in [5.41, 5.74) is -0.770. The van der Waals surface area contributed by atoms with E-state index in [2.05, 4.69) is 5.32 Å². The molecular formula is C10H18N2O2. The second-order valence-corrected chi connectivity index (χ2v) is 4.60. The first-order valence-corrected chi connectivity index (χ1v) is 4.92. The number of piperazine rings is 1. The lowest BCUT2D eigenvalue weighted by Crippen LogP contribution is -2.68. The predicted octanol–water partition coefficient (Wildman–Crippen LogP) is 0.520. The van der Waals surface area contributed by atoms with Gasteiger partial charge in [0.2, 0.25) is 11.8 Å². The predicted molar refractivity (Wildman–Crippen MR) is 53.7 cm³/mol. The van der Waals surface area contributed by atoms with Gasteiger partial charge in [-0.2, -0.15) is 0 Å². The molecule has 1 rings (SSSR count). The van der Waals surface area contributed by atoms with Gasteiger partial charge in [-0.15, -0.1) is 0 Å². The van der Waals surface area contributed by atoms with E-state index in [0.29, 0.717) is 0 Å². The molecule has 0 radical (unpaired) electrons. The lowest BCUT2D eigenvalue weighted by Gasteiger charge is -2.43. The molecule has 4 heteroatoms. The van der Waals surface area contributed by atoms with Gasteiger partial charge in [0.05, 0.1) is 0 Å². The summed E-state index contributed by atoms with van der Waals surface area (Å²) in [5.74, 6) is -0.0945. The lowest BCUT2D eigenvalue weighted by molar-refractivity contribution is -0.154. The highest BCUT2D eigenvalue weighted by Crippen LogP contribution is 2.19. The minimum atomic E-state index is -0.770. The third-order valence-electron chi connectivity index (χ3n) is 2.56. The van der Waals surface area contributed by atoms with Crippen molar-refractivity contribution in [1.29, 1.82) is 0 Å². The minimum Gasteiger partial charge on any atom is -0.340 e. The lowest BCUT2D eigenvalue weighted by atomic mass is 9.96. The van der Waals surface area contributed by atoms with E-state index in [9.17, 15) is 9.59 Å². The van der Waals surface area contributed by atoms with Crippen LogP contribution in [0.1, 0.15) is 34.6 Å². The molecular weight excluding hydrogens is 180 g/mol. The summed E-state index contributed by atoms with van der Waals surface area (Å²) in [6, 6.07) is -0.307. The zero-order valence-electron chi connectivity index (χ0n) is 9.42. The molecule has 4 nitrogen and oxygen atoms in total. The second-order valence-electron chi connectivity index (χ2n) is 4.60. The molecule has 0 aliphatic carbocycles. The summed E-state index contributed by atoms with van der Waals surface area (Å²) in [5, 5.41) is 2.71. The smallest absolute Gasteiger partial charge is 0.248 e. The summed E-state index contributed by atoms with van der Waals surface area (Å²) >= 11 is 0. The van der Waals surface area contributed by atoms with E-state index in [1.54, 1.807) is 25.7 Å². The fraction of sp³-hybridized carbons (Fsp3) is 0.800. The van der Waals surface area contributed by atoms with Crippen molar-refractivity contribution >= 4 is 11.8 Å². The van der Waals surface area contributed by atoms with Crippen LogP contribution in [0.25, 0.3) is 0 Å². The molecule has 80 valence electrons. The molecule has 0 aromatic heterocycles. The maximum atomic E-state index is 12.0. The second kappa shape index (κ2) is 3.26. The Balaban J connectivity index is 3.02. The van der Waals surface area contributed by atoms with Crippen molar-refractivity contribution in [1.82, 2.24) is 10.2 Å². The van der Waals surface area contributed by atoms with Crippen LogP contribution >= 0.6 is 0 Å². The Morgan fingerprint density at radius 2 is 1.86 bits per heavy atom. The van der Waals surface area contributed by atoms with Crippen LogP contribution in [-0.2, 0) is 9.59 Å². The van der Waals surface area contributed by atoms with Crippen molar-refractivity contribution in [2.45, 2.75) is 52.2 Å². The highest BCUT2D eigenvalue weighted by atomic mass is 16.2. The number of rotatable bonds is 1. The molecule has 0 saturated carbocycles. The number of hydrogen-bond acceptors (Lipinski definition) is 2. The summed E-state index contributed by atoms with van der Waals surface area (Å²) in [6.45, 7) is 9.05. The average molecular weight is 198 g/mol. The zero-order chi connectivity index (χ0) is 11.1. The van der Waals surface area contributed by atoms with Crippen LogP contribution in [-0.4, -0.2) is 34.3 Å². The van der Waals surface area contributed by atoms with Crippen molar-refractivity contribution in [3.05, 3.63) is 0 Å². The summed E-state index contributed by atoms with van der Waals surface area (Å²) in [4.78, 5) is 25.2. The van der Waals surface area contributed by atoms with E-state index < -0.39 is 5.54 Å². The maximum Gasteiger partial charge on any atom is 0.248 e. The number of nitrogens with zero attached hydrogens (tertiary/aromatic N) is 1. The molecule has 1 saturated heterocycles. The third kappa shape index (κ3) is 1.61. The molecule has 2 amide bonds. The van der Waals surface area contributed by atoms with Gasteiger partial charge in [0, 0.05) is 6.04 Å². The van der Waals surface area contributed by atoms with Gasteiger partial charge in [0.25, 0.3) is 0 Å². The first-order valence-electron chi connectivity index (χ1n) is 4.92. The fourth-order valence-corrected chi connectivity index (χ4v) is 1.77. The quantitative estimate of drug-likeness (QED) is 0.667. The van der Waals surface area contributed by atoms with Gasteiger partial charge in [-0.1, -0.05) is 0 Å². The number of carbonyl (C=O) groups excluding carboxylic acids is 2. The molecule has 0 bridgehead atoms. The Labute approximate surface area is 84.7 Å². The van der Waals surface area contributed by atoms with Gasteiger partial charge < -0.3 is 10.2 Å². The van der Waals surface area contributed by atoms with E-state index in [0.717, 1.165) is 0 Å². The van der Waals surface area contributed by atoms with E-state index >= 15 is 0 Å². The molecule has 0 aromatic rings. The van der Waals surface area contributed by atoms with Crippen LogP contribution in [0, 0.1) is 0 Å². The van der Waals surface area contributed by atoms with Gasteiger partial charge in [-0.3, -0.25) is 9.59 Å². The van der Waals surface area contributed by atoms with E-state index in [1.165, 1.54) is 0 Å². The molecule has 1 atom stereocenters. The molecule has 1 aliphatic rings. The Hall–Kier alpha value is -1.06. The third-order valence-corrected chi connectivity index (χ3v) is 2.56. The average Bonchev–Trinajstić information content (AvgIpc) is 2.00. The standard InChI is InChI=1S/C10H18N2O2/c1-6(2)12-7(3)8(13)11-10(4,5)9(12)14/h6-7H,1-5H3,(H,11,13). The van der Waals surface area contributed by atoms with Crippen LogP contribution in [0.15, 0.2) is 0 Å². The molecule has 1 fully saturated rings. The van der Waals surface area contributed by atoms with Crippen LogP contribution < -0.4 is 5.32 Å². The summed E-state index contributed by atoms with van der Waals surface area (Å²) in [6.07, 6.45) is 0. The van der Waals surface area contributed by atoms with Crippen molar-refractivity contribution in [3.63, 3.8) is 0 Å². The van der Waals surface area contributed by atoms with Gasteiger partial charge >= 0.3 is 0 Å². The Morgan fingerprint density at radius 3 is 2.29 bits per heavy atom.